The Kier molecular flexibility index (Phi) is 3.92. The van der Waals surface area contributed by atoms with Crippen LogP contribution in [0, 0.1) is 33.5 Å². The molecule has 10 atom stereocenters. The lowest BCUT2D eigenvalue weighted by Crippen LogP contribution is -2.75. The van der Waals surface area contributed by atoms with Crippen molar-refractivity contribution in [2.24, 2.45) is 33.5 Å². The van der Waals surface area contributed by atoms with Gasteiger partial charge in [0.05, 0.1) is 17.6 Å². The van der Waals surface area contributed by atoms with E-state index in [-0.39, 0.29) is 30.5 Å². The molecule has 3 N–H and O–H groups in total. The SMILES string of the molecule is CC1(C)C2CC(=O)[C@]3(C)C(CC[C@@]4(C)[C@H](C(=O)O)OC(=O)C5OC543)[C@@]2(C)[C@@H](O)C[C@H]1O. The Bertz CT molecular complexity index is 898. The number of aliphatic hydroxyl groups is 2. The molecule has 2 aliphatic heterocycles. The molecule has 172 valence electrons. The van der Waals surface area contributed by atoms with Crippen LogP contribution in [0.5, 0.6) is 0 Å². The van der Waals surface area contributed by atoms with Crippen molar-refractivity contribution in [3.63, 3.8) is 0 Å². The molecule has 3 aliphatic carbocycles. The number of hydrogen-bond donors (Lipinski definition) is 3. The number of carboxylic acid groups (broad SMARTS) is 1. The molecule has 2 heterocycles. The molecule has 8 heteroatoms. The van der Waals surface area contributed by atoms with Crippen LogP contribution in [0.25, 0.3) is 0 Å². The van der Waals surface area contributed by atoms with Gasteiger partial charge in [0.15, 0.2) is 6.10 Å². The summed E-state index contributed by atoms with van der Waals surface area (Å²) in [7, 11) is 0. The maximum atomic E-state index is 13.9. The van der Waals surface area contributed by atoms with E-state index in [1.807, 2.05) is 20.8 Å². The molecule has 0 aromatic rings. The summed E-state index contributed by atoms with van der Waals surface area (Å²) in [6.07, 6.45) is -2.63. The van der Waals surface area contributed by atoms with Crippen molar-refractivity contribution in [1.82, 2.24) is 0 Å². The third-order valence-corrected chi connectivity index (χ3v) is 10.5. The van der Waals surface area contributed by atoms with Crippen molar-refractivity contribution in [2.75, 3.05) is 0 Å². The number of carbonyl (C=O) groups excluding carboxylic acids is 2. The van der Waals surface area contributed by atoms with Crippen molar-refractivity contribution in [3.8, 4) is 0 Å². The first-order chi connectivity index (χ1) is 14.2. The zero-order valence-corrected chi connectivity index (χ0v) is 18.7. The maximum absolute atomic E-state index is 13.9. The molecular weight excluding hydrogens is 404 g/mol. The molecule has 1 spiro atoms. The van der Waals surface area contributed by atoms with Crippen LogP contribution in [0.2, 0.25) is 0 Å². The van der Waals surface area contributed by atoms with E-state index in [4.69, 9.17) is 9.47 Å². The highest BCUT2D eigenvalue weighted by Crippen LogP contribution is 2.77. The molecule has 0 amide bonds. The number of ketones is 1. The first-order valence-corrected chi connectivity index (χ1v) is 11.2. The Balaban J connectivity index is 1.69. The van der Waals surface area contributed by atoms with E-state index in [2.05, 4.69) is 0 Å². The first kappa shape index (κ1) is 21.3. The molecule has 4 unspecified atom stereocenters. The van der Waals surface area contributed by atoms with Crippen LogP contribution in [-0.2, 0) is 23.9 Å². The fourth-order valence-electron chi connectivity index (χ4n) is 8.65. The average Bonchev–Trinajstić information content (AvgIpc) is 3.44. The number of carbonyl (C=O) groups is 3. The van der Waals surface area contributed by atoms with E-state index < -0.39 is 63.6 Å². The number of ether oxygens (including phenoxy) is 2. The van der Waals surface area contributed by atoms with Crippen molar-refractivity contribution >= 4 is 17.7 Å². The first-order valence-electron chi connectivity index (χ1n) is 11.2. The Morgan fingerprint density at radius 1 is 1.03 bits per heavy atom. The van der Waals surface area contributed by atoms with Crippen molar-refractivity contribution in [1.29, 1.82) is 0 Å². The Morgan fingerprint density at radius 2 is 1.68 bits per heavy atom. The molecule has 5 aliphatic rings. The minimum atomic E-state index is -1.38. The number of carboxylic acids is 1. The van der Waals surface area contributed by atoms with Crippen molar-refractivity contribution in [3.05, 3.63) is 0 Å². The molecule has 3 saturated carbocycles. The van der Waals surface area contributed by atoms with Gasteiger partial charge in [0, 0.05) is 23.7 Å². The summed E-state index contributed by atoms with van der Waals surface area (Å²) in [5, 5.41) is 31.8. The summed E-state index contributed by atoms with van der Waals surface area (Å²) >= 11 is 0. The molecule has 0 aromatic heterocycles. The number of rotatable bonds is 1. The zero-order chi connectivity index (χ0) is 22.9. The van der Waals surface area contributed by atoms with Crippen LogP contribution in [0.15, 0.2) is 0 Å². The summed E-state index contributed by atoms with van der Waals surface area (Å²) in [4.78, 5) is 38.6. The smallest absolute Gasteiger partial charge is 0.345 e. The van der Waals surface area contributed by atoms with E-state index in [0.29, 0.717) is 12.8 Å². The Morgan fingerprint density at radius 3 is 2.29 bits per heavy atom. The monoisotopic (exact) mass is 436 g/mol. The number of esters is 1. The van der Waals surface area contributed by atoms with Crippen molar-refractivity contribution < 1.29 is 39.2 Å². The summed E-state index contributed by atoms with van der Waals surface area (Å²) in [5.41, 5.74) is -4.69. The average molecular weight is 437 g/mol. The largest absolute Gasteiger partial charge is 0.478 e. The lowest BCUT2D eigenvalue weighted by molar-refractivity contribution is -0.253. The van der Waals surface area contributed by atoms with Crippen LogP contribution >= 0.6 is 0 Å². The highest BCUT2D eigenvalue weighted by atomic mass is 16.7. The molecular formula is C23H32O8. The molecule has 8 nitrogen and oxygen atoms in total. The summed E-state index contributed by atoms with van der Waals surface area (Å²) in [6.45, 7) is 9.45. The number of epoxide rings is 1. The van der Waals surface area contributed by atoms with Crippen LogP contribution in [-0.4, -0.2) is 63.1 Å². The van der Waals surface area contributed by atoms with E-state index in [9.17, 15) is 29.7 Å². The second-order valence-corrected chi connectivity index (χ2v) is 11.7. The standard InChI is InChI=1S/C23H32O8/c1-19(2)11-8-14(26)22(5)10(21(11,4)13(25)9-12(19)24)6-7-20(3)15(17(27)28)30-18(29)16-23(20,22)31-16/h10-13,15-16,24-25H,6-9H2,1-5H3,(H,27,28)/t10?,11?,12-,13+,15+,16?,20+,21-,22+,23?/m1/s1. The van der Waals surface area contributed by atoms with Gasteiger partial charge in [-0.15, -0.1) is 0 Å². The summed E-state index contributed by atoms with van der Waals surface area (Å²) in [6, 6.07) is 0. The summed E-state index contributed by atoms with van der Waals surface area (Å²) in [5.74, 6) is -2.60. The molecule has 5 fully saturated rings. The van der Waals surface area contributed by atoms with Crippen LogP contribution < -0.4 is 0 Å². The van der Waals surface area contributed by atoms with E-state index in [0.717, 1.165) is 0 Å². The third kappa shape index (κ3) is 2.02. The van der Waals surface area contributed by atoms with Gasteiger partial charge in [0.2, 0.25) is 6.10 Å². The molecule has 0 bridgehead atoms. The van der Waals surface area contributed by atoms with Crippen LogP contribution in [0.1, 0.15) is 60.3 Å². The van der Waals surface area contributed by atoms with Gasteiger partial charge in [-0.3, -0.25) is 4.79 Å². The quantitative estimate of drug-likeness (QED) is 0.414. The van der Waals surface area contributed by atoms with Gasteiger partial charge in [-0.05, 0) is 37.0 Å². The molecule has 31 heavy (non-hydrogen) atoms. The lowest BCUT2D eigenvalue weighted by Gasteiger charge is -2.68. The number of fused-ring (bicyclic) bond motifs is 3. The van der Waals surface area contributed by atoms with Gasteiger partial charge in [-0.25, -0.2) is 9.59 Å². The van der Waals surface area contributed by atoms with Gasteiger partial charge in [-0.1, -0.05) is 27.7 Å². The van der Waals surface area contributed by atoms with Gasteiger partial charge < -0.3 is 24.8 Å². The topological polar surface area (TPSA) is 134 Å². The number of Topliss-reactive ketones (excluding diaryl/α,β-unsaturated/α-hetero) is 1. The predicted octanol–water partition coefficient (Wildman–Crippen LogP) is 1.30. The fourth-order valence-corrected chi connectivity index (χ4v) is 8.65. The molecule has 5 rings (SSSR count). The second-order valence-electron chi connectivity index (χ2n) is 11.7. The molecule has 0 radical (unpaired) electrons. The zero-order valence-electron chi connectivity index (χ0n) is 18.7. The van der Waals surface area contributed by atoms with E-state index in [1.54, 1.807) is 13.8 Å². The maximum Gasteiger partial charge on any atom is 0.345 e. The normalized spacial score (nSPS) is 57.0. The molecule has 2 saturated heterocycles. The summed E-state index contributed by atoms with van der Waals surface area (Å²) < 4.78 is 11.3. The highest BCUT2D eigenvalue weighted by Gasteiger charge is 2.89. The lowest BCUT2D eigenvalue weighted by atomic mass is 9.34. The number of aliphatic hydroxyl groups excluding tert-OH is 2. The van der Waals surface area contributed by atoms with Crippen molar-refractivity contribution in [2.45, 2.75) is 90.3 Å². The van der Waals surface area contributed by atoms with Crippen LogP contribution in [0.4, 0.5) is 0 Å². The third-order valence-electron chi connectivity index (χ3n) is 10.5. The number of cyclic esters (lactones) is 1. The Labute approximate surface area is 181 Å². The number of hydrogen-bond acceptors (Lipinski definition) is 7. The van der Waals surface area contributed by atoms with Gasteiger partial charge >= 0.3 is 11.9 Å². The van der Waals surface area contributed by atoms with Gasteiger partial charge in [-0.2, -0.15) is 0 Å². The minimum absolute atomic E-state index is 0.0818. The van der Waals surface area contributed by atoms with Crippen LogP contribution in [0.3, 0.4) is 0 Å². The highest BCUT2D eigenvalue weighted by molar-refractivity contribution is 5.94. The predicted molar refractivity (Wildman–Crippen MR) is 106 cm³/mol. The van der Waals surface area contributed by atoms with Gasteiger partial charge in [0.1, 0.15) is 11.4 Å². The number of aliphatic carboxylic acids is 1. The van der Waals surface area contributed by atoms with E-state index >= 15 is 0 Å². The minimum Gasteiger partial charge on any atom is -0.478 e. The fraction of sp³-hybridized carbons (Fsp3) is 0.870. The molecule has 0 aromatic carbocycles. The van der Waals surface area contributed by atoms with E-state index in [1.165, 1.54) is 0 Å². The Hall–Kier alpha value is -1.51. The second kappa shape index (κ2) is 5.69. The van der Waals surface area contributed by atoms with Gasteiger partial charge in [0.25, 0.3) is 0 Å².